The quantitative estimate of drug-likeness (QED) is 0.0629. The fraction of sp³-hybridized carbons (Fsp3) is 0.700. The average molecular weight is 858 g/mol. The summed E-state index contributed by atoms with van der Waals surface area (Å²) in [4.78, 5) is 0. The van der Waals surface area contributed by atoms with Crippen LogP contribution in [0.25, 0.3) is 0 Å². The number of halogens is 1. The van der Waals surface area contributed by atoms with Crippen LogP contribution >= 0.6 is 0 Å². The lowest BCUT2D eigenvalue weighted by Crippen LogP contribution is -2.46. The first-order valence-corrected chi connectivity index (χ1v) is 36.8. The normalized spacial score (nSPS) is 14.1. The zero-order valence-corrected chi connectivity index (χ0v) is 42.6. The molecule has 0 aliphatic heterocycles. The van der Waals surface area contributed by atoms with E-state index in [1.54, 1.807) is 42.7 Å². The van der Waals surface area contributed by atoms with Gasteiger partial charge in [0.15, 0.2) is 6.36 Å². The third-order valence-corrected chi connectivity index (χ3v) is 31.7. The Bertz CT molecular complexity index is 1220. The molecule has 0 fully saturated rings. The van der Waals surface area contributed by atoms with E-state index in [-0.39, 0.29) is 0 Å². The molecule has 310 valence electrons. The Morgan fingerprint density at radius 1 is 0.407 bits per heavy atom. The number of benzene rings is 2. The van der Waals surface area contributed by atoms with E-state index in [0.717, 1.165) is 62.3 Å². The molecule has 0 aliphatic carbocycles. The van der Waals surface area contributed by atoms with Gasteiger partial charge in [0, 0.05) is 67.8 Å². The summed E-state index contributed by atoms with van der Waals surface area (Å²) in [5, 5.41) is 5.93. The summed E-state index contributed by atoms with van der Waals surface area (Å²) in [6, 6.07) is 25.2. The van der Waals surface area contributed by atoms with Crippen molar-refractivity contribution >= 4 is 70.7 Å². The van der Waals surface area contributed by atoms with Gasteiger partial charge in [-0.25, -0.2) is 4.39 Å². The molecular weight excluding hydrogens is 780 g/mol. The Hall–Kier alpha value is -0.609. The Labute approximate surface area is 336 Å². The standard InChI is InChI=1S/C40H77FO7Si6/c1-42-53(43-2,44-3)34-18-32-51(11,12)38-25-21-36(22-26-38)49(7,8)30-16-15-20-40(41)48-29-17-31-50(9,10)37-23-27-39(28-24-37)52(13,14)33-19-35-54(45-4,46-5)47-6/h21-28,40H,15-20,29-35H2,1-14H3. The van der Waals surface area contributed by atoms with Gasteiger partial charge in [-0.15, -0.1) is 0 Å². The van der Waals surface area contributed by atoms with E-state index in [1.165, 1.54) is 26.8 Å². The summed E-state index contributed by atoms with van der Waals surface area (Å²) >= 11 is 0. The van der Waals surface area contributed by atoms with Gasteiger partial charge in [0.05, 0.1) is 32.3 Å². The van der Waals surface area contributed by atoms with Crippen LogP contribution in [0.5, 0.6) is 0 Å². The molecule has 0 radical (unpaired) electrons. The Balaban J connectivity index is 1.75. The predicted octanol–water partition coefficient (Wildman–Crippen LogP) is 8.46. The fourth-order valence-corrected chi connectivity index (χ4v) is 21.5. The summed E-state index contributed by atoms with van der Waals surface area (Å²) < 4.78 is 54.2. The van der Waals surface area contributed by atoms with Gasteiger partial charge in [0.25, 0.3) is 0 Å². The summed E-state index contributed by atoms with van der Waals surface area (Å²) in [5.41, 5.74) is 0. The highest BCUT2D eigenvalue weighted by molar-refractivity contribution is 6.92. The molecule has 14 heteroatoms. The van der Waals surface area contributed by atoms with Crippen LogP contribution in [0.15, 0.2) is 48.5 Å². The molecule has 2 aromatic carbocycles. The highest BCUT2D eigenvalue weighted by Crippen LogP contribution is 2.24. The second-order valence-corrected chi connectivity index (χ2v) is 43.2. The van der Waals surface area contributed by atoms with E-state index in [0.29, 0.717) is 13.0 Å². The molecule has 2 rings (SSSR count). The highest BCUT2D eigenvalue weighted by atomic mass is 28.4. The summed E-state index contributed by atoms with van der Waals surface area (Å²) in [6.07, 6.45) is 4.20. The molecule has 1 unspecified atom stereocenters. The van der Waals surface area contributed by atoms with E-state index in [9.17, 15) is 4.39 Å². The van der Waals surface area contributed by atoms with E-state index in [1.807, 2.05) is 0 Å². The SMILES string of the molecule is CO[Si](CCC[Si](C)(C)c1ccc([Si](C)(C)CCCCC(F)OCCC[Si](C)(C)c2ccc([Si](C)(C)CCC[Si](OC)(OC)OC)cc2)cc1)(OC)OC. The second kappa shape index (κ2) is 22.5. The second-order valence-electron chi connectivity index (χ2n) is 17.6. The molecule has 0 amide bonds. The van der Waals surface area contributed by atoms with Gasteiger partial charge in [0.2, 0.25) is 0 Å². The topological polar surface area (TPSA) is 64.6 Å². The van der Waals surface area contributed by atoms with Gasteiger partial charge in [-0.3, -0.25) is 0 Å². The van der Waals surface area contributed by atoms with Gasteiger partial charge in [-0.05, 0) is 12.8 Å². The van der Waals surface area contributed by atoms with Gasteiger partial charge in [-0.2, -0.15) is 0 Å². The zero-order chi connectivity index (χ0) is 40.7. The molecule has 0 aromatic heterocycles. The van der Waals surface area contributed by atoms with Crippen molar-refractivity contribution in [3.8, 4) is 0 Å². The molecule has 0 spiro atoms. The van der Waals surface area contributed by atoms with E-state index < -0.39 is 56.3 Å². The molecule has 0 N–H and O–H groups in total. The van der Waals surface area contributed by atoms with Crippen LogP contribution in [0, 0.1) is 0 Å². The van der Waals surface area contributed by atoms with Crippen LogP contribution in [0.1, 0.15) is 38.5 Å². The van der Waals surface area contributed by atoms with Crippen molar-refractivity contribution < 1.29 is 35.7 Å². The highest BCUT2D eigenvalue weighted by Gasteiger charge is 2.39. The predicted molar refractivity (Wildman–Crippen MR) is 242 cm³/mol. The third kappa shape index (κ3) is 15.0. The molecule has 54 heavy (non-hydrogen) atoms. The molecular formula is C40H77FO7Si6. The number of rotatable bonds is 28. The maximum atomic E-state index is 14.8. The van der Waals surface area contributed by atoms with Gasteiger partial charge in [0.1, 0.15) is 0 Å². The largest absolute Gasteiger partial charge is 0.500 e. The fourth-order valence-electron chi connectivity index (χ4n) is 7.61. The van der Waals surface area contributed by atoms with Crippen molar-refractivity contribution in [2.24, 2.45) is 0 Å². The van der Waals surface area contributed by atoms with Crippen molar-refractivity contribution in [2.75, 3.05) is 49.3 Å². The number of hydrogen-bond donors (Lipinski definition) is 0. The number of hydrogen-bond acceptors (Lipinski definition) is 7. The maximum Gasteiger partial charge on any atom is 0.500 e. The van der Waals surface area contributed by atoms with Crippen LogP contribution in [0.4, 0.5) is 4.39 Å². The van der Waals surface area contributed by atoms with Crippen LogP contribution < -0.4 is 20.7 Å². The lowest BCUT2D eigenvalue weighted by atomic mass is 10.2. The number of ether oxygens (including phenoxy) is 1. The van der Waals surface area contributed by atoms with Crippen LogP contribution in [-0.4, -0.2) is 106 Å². The maximum absolute atomic E-state index is 14.8. The molecule has 0 saturated carbocycles. The minimum absolute atomic E-state index is 0.482. The first kappa shape index (κ1) is 49.5. The molecule has 0 aliphatic rings. The molecule has 0 saturated heterocycles. The molecule has 0 heterocycles. The molecule has 7 nitrogen and oxygen atoms in total. The Morgan fingerprint density at radius 2 is 0.685 bits per heavy atom. The van der Waals surface area contributed by atoms with Crippen molar-refractivity contribution in [3.05, 3.63) is 48.5 Å². The van der Waals surface area contributed by atoms with Crippen LogP contribution in [0.2, 0.25) is 88.6 Å². The average Bonchev–Trinajstić information content (AvgIpc) is 3.16. The first-order chi connectivity index (χ1) is 25.3. The summed E-state index contributed by atoms with van der Waals surface area (Å²) in [6.45, 7) is 20.0. The van der Waals surface area contributed by atoms with Crippen molar-refractivity contribution in [1.82, 2.24) is 0 Å². The minimum atomic E-state index is -2.53. The minimum Gasteiger partial charge on any atom is -0.377 e. The van der Waals surface area contributed by atoms with Crippen molar-refractivity contribution in [1.29, 1.82) is 0 Å². The van der Waals surface area contributed by atoms with Crippen molar-refractivity contribution in [2.45, 2.75) is 134 Å². The van der Waals surface area contributed by atoms with Crippen LogP contribution in [0.3, 0.4) is 0 Å². The summed E-state index contributed by atoms with van der Waals surface area (Å²) in [5.74, 6) is 0. The van der Waals surface area contributed by atoms with Gasteiger partial charge in [-0.1, -0.05) is 165 Å². The van der Waals surface area contributed by atoms with Gasteiger partial charge < -0.3 is 31.3 Å². The molecule has 2 aromatic rings. The van der Waals surface area contributed by atoms with E-state index in [2.05, 4.69) is 101 Å². The lowest BCUT2D eigenvalue weighted by Gasteiger charge is -2.28. The monoisotopic (exact) mass is 856 g/mol. The number of alkyl halides is 1. The third-order valence-electron chi connectivity index (χ3n) is 12.1. The summed E-state index contributed by atoms with van der Waals surface area (Å²) in [7, 11) is -1.39. The van der Waals surface area contributed by atoms with Gasteiger partial charge >= 0.3 is 17.6 Å². The van der Waals surface area contributed by atoms with E-state index in [4.69, 9.17) is 31.3 Å². The smallest absolute Gasteiger partial charge is 0.377 e. The van der Waals surface area contributed by atoms with Crippen LogP contribution in [-0.2, 0) is 31.3 Å². The zero-order valence-electron chi connectivity index (χ0n) is 36.6. The Kier molecular flexibility index (Phi) is 20.7. The first-order valence-electron chi connectivity index (χ1n) is 20.1. The Morgan fingerprint density at radius 3 is 0.981 bits per heavy atom. The number of unbranched alkanes of at least 4 members (excludes halogenated alkanes) is 1. The lowest BCUT2D eigenvalue weighted by molar-refractivity contribution is -0.0440. The van der Waals surface area contributed by atoms with E-state index >= 15 is 0 Å². The van der Waals surface area contributed by atoms with Crippen molar-refractivity contribution in [3.63, 3.8) is 0 Å². The molecule has 0 bridgehead atoms. The molecule has 1 atom stereocenters.